The number of benzene rings is 1. The maximum absolute atomic E-state index is 11.7. The van der Waals surface area contributed by atoms with Crippen LogP contribution >= 0.6 is 0 Å². The predicted octanol–water partition coefficient (Wildman–Crippen LogP) is 3.16. The number of hydrogen-bond acceptors (Lipinski definition) is 3. The van der Waals surface area contributed by atoms with Crippen molar-refractivity contribution in [1.82, 2.24) is 5.32 Å². The molecule has 2 atom stereocenters. The fourth-order valence-electron chi connectivity index (χ4n) is 2.27. The van der Waals surface area contributed by atoms with Crippen LogP contribution in [0, 0.1) is 17.2 Å². The van der Waals surface area contributed by atoms with Crippen LogP contribution < -0.4 is 5.32 Å². The number of carbonyl (C=O) groups excluding carboxylic acids is 1. The van der Waals surface area contributed by atoms with Gasteiger partial charge in [-0.25, -0.2) is 4.79 Å². The molecule has 0 aromatic heterocycles. The van der Waals surface area contributed by atoms with E-state index >= 15 is 0 Å². The second-order valence-corrected chi connectivity index (χ2v) is 4.86. The van der Waals surface area contributed by atoms with Crippen LogP contribution in [0.4, 0.5) is 4.79 Å². The first-order valence-electron chi connectivity index (χ1n) is 6.81. The van der Waals surface area contributed by atoms with E-state index in [1.54, 1.807) is 0 Å². The third-order valence-corrected chi connectivity index (χ3v) is 3.41. The lowest BCUT2D eigenvalue weighted by molar-refractivity contribution is 0.134. The first kappa shape index (κ1) is 14.1. The van der Waals surface area contributed by atoms with E-state index in [9.17, 15) is 4.79 Å². The molecule has 1 amide bonds. The van der Waals surface area contributed by atoms with Gasteiger partial charge in [0.2, 0.25) is 0 Å². The van der Waals surface area contributed by atoms with Crippen LogP contribution in [0.1, 0.15) is 24.8 Å². The number of allylic oxidation sites excluding steroid dienone is 2. The van der Waals surface area contributed by atoms with Crippen molar-refractivity contribution in [2.24, 2.45) is 5.92 Å². The molecule has 0 fully saturated rings. The summed E-state index contributed by atoms with van der Waals surface area (Å²) in [4.78, 5) is 11.7. The molecule has 4 nitrogen and oxygen atoms in total. The van der Waals surface area contributed by atoms with E-state index in [1.165, 1.54) is 0 Å². The Morgan fingerprint density at radius 3 is 2.85 bits per heavy atom. The van der Waals surface area contributed by atoms with Crippen molar-refractivity contribution in [3.05, 3.63) is 48.0 Å². The molecule has 104 valence electrons. The molecule has 1 aliphatic rings. The Balaban J connectivity index is 1.80. The topological polar surface area (TPSA) is 62.1 Å². The summed E-state index contributed by atoms with van der Waals surface area (Å²) >= 11 is 0. The van der Waals surface area contributed by atoms with Crippen LogP contribution in [-0.2, 0) is 11.3 Å². The number of ether oxygens (including phenoxy) is 1. The molecule has 0 heterocycles. The molecule has 4 heteroatoms. The minimum absolute atomic E-state index is 0.175. The van der Waals surface area contributed by atoms with E-state index < -0.39 is 12.1 Å². The monoisotopic (exact) mass is 270 g/mol. The van der Waals surface area contributed by atoms with Gasteiger partial charge in [-0.1, -0.05) is 42.5 Å². The van der Waals surface area contributed by atoms with Crippen molar-refractivity contribution < 1.29 is 9.53 Å². The molecule has 0 saturated heterocycles. The summed E-state index contributed by atoms with van der Waals surface area (Å²) in [7, 11) is 0. The molecular formula is C16H18N2O2. The Labute approximate surface area is 119 Å². The molecule has 2 unspecified atom stereocenters. The Kier molecular flexibility index (Phi) is 5.19. The number of carbonyl (C=O) groups is 1. The van der Waals surface area contributed by atoms with Crippen molar-refractivity contribution in [3.63, 3.8) is 0 Å². The van der Waals surface area contributed by atoms with Crippen molar-refractivity contribution in [1.29, 1.82) is 5.26 Å². The molecular weight excluding hydrogens is 252 g/mol. The molecule has 2 rings (SSSR count). The minimum Gasteiger partial charge on any atom is -0.445 e. The van der Waals surface area contributed by atoms with E-state index in [2.05, 4.69) is 23.5 Å². The zero-order valence-corrected chi connectivity index (χ0v) is 11.3. The number of amides is 1. The van der Waals surface area contributed by atoms with Crippen molar-refractivity contribution in [2.75, 3.05) is 0 Å². The fraction of sp³-hybridized carbons (Fsp3) is 0.375. The molecule has 1 aliphatic carbocycles. The van der Waals surface area contributed by atoms with Gasteiger partial charge in [-0.2, -0.15) is 5.26 Å². The maximum Gasteiger partial charge on any atom is 0.408 e. The van der Waals surface area contributed by atoms with E-state index in [0.717, 1.165) is 24.8 Å². The van der Waals surface area contributed by atoms with Gasteiger partial charge in [0.25, 0.3) is 0 Å². The van der Waals surface area contributed by atoms with Crippen LogP contribution in [0.2, 0.25) is 0 Å². The van der Waals surface area contributed by atoms with Crippen LogP contribution in [0.3, 0.4) is 0 Å². The summed E-state index contributed by atoms with van der Waals surface area (Å²) in [5, 5.41) is 11.8. The molecule has 0 bridgehead atoms. The Morgan fingerprint density at radius 1 is 1.40 bits per heavy atom. The smallest absolute Gasteiger partial charge is 0.408 e. The highest BCUT2D eigenvalue weighted by atomic mass is 16.5. The van der Waals surface area contributed by atoms with Crippen LogP contribution in [-0.4, -0.2) is 12.1 Å². The van der Waals surface area contributed by atoms with Gasteiger partial charge >= 0.3 is 6.09 Å². The molecule has 1 aromatic carbocycles. The molecule has 1 N–H and O–H groups in total. The van der Waals surface area contributed by atoms with Crippen molar-refractivity contribution >= 4 is 6.09 Å². The number of alkyl carbamates (subject to hydrolysis) is 1. The number of nitrogens with zero attached hydrogens (tertiary/aromatic N) is 1. The first-order valence-corrected chi connectivity index (χ1v) is 6.81. The lowest BCUT2D eigenvalue weighted by Gasteiger charge is -2.23. The lowest BCUT2D eigenvalue weighted by Crippen LogP contribution is -2.39. The normalized spacial score (nSPS) is 18.9. The fourth-order valence-corrected chi connectivity index (χ4v) is 2.27. The van der Waals surface area contributed by atoms with Gasteiger partial charge in [0.15, 0.2) is 0 Å². The van der Waals surface area contributed by atoms with Gasteiger partial charge < -0.3 is 10.1 Å². The Morgan fingerprint density at radius 2 is 2.20 bits per heavy atom. The molecule has 1 aromatic rings. The highest BCUT2D eigenvalue weighted by Gasteiger charge is 2.23. The Hall–Kier alpha value is -2.28. The van der Waals surface area contributed by atoms with Crippen molar-refractivity contribution in [2.45, 2.75) is 31.9 Å². The van der Waals surface area contributed by atoms with Gasteiger partial charge in [0.05, 0.1) is 6.07 Å². The number of nitrogens with one attached hydrogen (secondary N) is 1. The van der Waals surface area contributed by atoms with Gasteiger partial charge in [-0.3, -0.25) is 0 Å². The molecule has 0 spiro atoms. The summed E-state index contributed by atoms with van der Waals surface area (Å²) in [5.74, 6) is 0.175. The summed E-state index contributed by atoms with van der Waals surface area (Å²) in [6, 6.07) is 11.1. The summed E-state index contributed by atoms with van der Waals surface area (Å²) in [6.45, 7) is 0.218. The van der Waals surface area contributed by atoms with Crippen LogP contribution in [0.25, 0.3) is 0 Å². The zero-order chi connectivity index (χ0) is 14.2. The predicted molar refractivity (Wildman–Crippen MR) is 75.6 cm³/mol. The maximum atomic E-state index is 11.7. The minimum atomic E-state index is -0.532. The first-order chi connectivity index (χ1) is 9.79. The average molecular weight is 270 g/mol. The van der Waals surface area contributed by atoms with Crippen LogP contribution in [0.5, 0.6) is 0 Å². The molecule has 0 aliphatic heterocycles. The number of nitriles is 1. The van der Waals surface area contributed by atoms with Crippen molar-refractivity contribution in [3.8, 4) is 6.07 Å². The molecule has 0 radical (unpaired) electrons. The van der Waals surface area contributed by atoms with E-state index in [0.29, 0.717) is 0 Å². The van der Waals surface area contributed by atoms with E-state index in [-0.39, 0.29) is 12.5 Å². The highest BCUT2D eigenvalue weighted by Crippen LogP contribution is 2.21. The largest absolute Gasteiger partial charge is 0.445 e. The second-order valence-electron chi connectivity index (χ2n) is 4.86. The second kappa shape index (κ2) is 7.34. The van der Waals surface area contributed by atoms with E-state index in [1.807, 2.05) is 30.3 Å². The molecule has 20 heavy (non-hydrogen) atoms. The summed E-state index contributed by atoms with van der Waals surface area (Å²) in [6.07, 6.45) is 6.36. The van der Waals surface area contributed by atoms with Gasteiger partial charge in [0, 0.05) is 0 Å². The van der Waals surface area contributed by atoms with Crippen LogP contribution in [0.15, 0.2) is 42.5 Å². The standard InChI is InChI=1S/C16H18N2O2/c17-11-15(14-9-5-2-6-10-14)18-16(19)20-12-13-7-3-1-4-8-13/h1-5,7-8,14-15H,6,9-10,12H2,(H,18,19). The third kappa shape index (κ3) is 4.13. The van der Waals surface area contributed by atoms with Gasteiger partial charge in [-0.15, -0.1) is 0 Å². The van der Waals surface area contributed by atoms with E-state index in [4.69, 9.17) is 10.00 Å². The quantitative estimate of drug-likeness (QED) is 0.855. The lowest BCUT2D eigenvalue weighted by atomic mass is 9.88. The Bertz CT molecular complexity index is 505. The summed E-state index contributed by atoms with van der Waals surface area (Å²) in [5.41, 5.74) is 0.928. The third-order valence-electron chi connectivity index (χ3n) is 3.41. The SMILES string of the molecule is N#CC(NC(=O)OCc1ccccc1)C1CC=CCC1. The average Bonchev–Trinajstić information content (AvgIpc) is 2.52. The number of hydrogen-bond donors (Lipinski definition) is 1. The highest BCUT2D eigenvalue weighted by molar-refractivity contribution is 5.68. The molecule has 0 saturated carbocycles. The zero-order valence-electron chi connectivity index (χ0n) is 11.3. The number of rotatable bonds is 4. The van der Waals surface area contributed by atoms with Gasteiger partial charge in [0.1, 0.15) is 12.6 Å². The van der Waals surface area contributed by atoms with Gasteiger partial charge in [-0.05, 0) is 30.7 Å². The summed E-state index contributed by atoms with van der Waals surface area (Å²) < 4.78 is 5.13.